The van der Waals surface area contributed by atoms with E-state index in [9.17, 15) is 0 Å². The zero-order valence-electron chi connectivity index (χ0n) is 15.1. The van der Waals surface area contributed by atoms with Gasteiger partial charge in [0.25, 0.3) is 0 Å². The first kappa shape index (κ1) is 20.0. The molecule has 3 nitrogen and oxygen atoms in total. The molecule has 0 heterocycles. The number of nitrogens with zero attached hydrogens (tertiary/aromatic N) is 2. The van der Waals surface area contributed by atoms with Gasteiger partial charge in [0.15, 0.2) is 0 Å². The second kappa shape index (κ2) is 9.43. The van der Waals surface area contributed by atoms with Crippen molar-refractivity contribution in [3.05, 3.63) is 50.1 Å². The first-order valence-electron chi connectivity index (χ1n) is 8.47. The molecule has 0 unspecified atom stereocenters. The quantitative estimate of drug-likeness (QED) is 0.254. The van der Waals surface area contributed by atoms with E-state index >= 15 is 0 Å². The Hall–Kier alpha value is -1.27. The van der Waals surface area contributed by atoms with E-state index < -0.39 is 0 Å². The Kier molecular flexibility index (Phi) is 7.56. The van der Waals surface area contributed by atoms with Crippen molar-refractivity contribution in [1.29, 1.82) is 0 Å². The molecular formula is C20H24ClIN2O. The SMILES string of the molecule is CCCN(C=Nc1cc(C)c(Oc2ccc(I)c(Cl)c2)cc1C)CC. The molecule has 0 saturated heterocycles. The normalized spacial score (nSPS) is 11.1. The molecule has 25 heavy (non-hydrogen) atoms. The lowest BCUT2D eigenvalue weighted by molar-refractivity contribution is 0.452. The van der Waals surface area contributed by atoms with Gasteiger partial charge in [0, 0.05) is 22.7 Å². The van der Waals surface area contributed by atoms with Gasteiger partial charge < -0.3 is 9.64 Å². The average Bonchev–Trinajstić information content (AvgIpc) is 2.58. The molecule has 5 heteroatoms. The van der Waals surface area contributed by atoms with Crippen LogP contribution in [0.4, 0.5) is 5.69 Å². The van der Waals surface area contributed by atoms with Crippen molar-refractivity contribution in [2.75, 3.05) is 13.1 Å². The Morgan fingerprint density at radius 3 is 2.56 bits per heavy atom. The molecule has 0 aliphatic carbocycles. The molecule has 2 aromatic rings. The average molecular weight is 471 g/mol. The summed E-state index contributed by atoms with van der Waals surface area (Å²) in [5.41, 5.74) is 3.10. The van der Waals surface area contributed by atoms with Crippen LogP contribution in [0, 0.1) is 17.4 Å². The summed E-state index contributed by atoms with van der Waals surface area (Å²) < 4.78 is 7.03. The predicted molar refractivity (Wildman–Crippen MR) is 116 cm³/mol. The highest BCUT2D eigenvalue weighted by Gasteiger charge is 2.08. The van der Waals surface area contributed by atoms with Gasteiger partial charge >= 0.3 is 0 Å². The van der Waals surface area contributed by atoms with E-state index in [-0.39, 0.29) is 0 Å². The monoisotopic (exact) mass is 470 g/mol. The highest BCUT2D eigenvalue weighted by Crippen LogP contribution is 2.33. The first-order chi connectivity index (χ1) is 11.9. The molecule has 2 rings (SSSR count). The third-order valence-electron chi connectivity index (χ3n) is 3.89. The summed E-state index contributed by atoms with van der Waals surface area (Å²) in [4.78, 5) is 6.87. The molecule has 134 valence electrons. The lowest BCUT2D eigenvalue weighted by Crippen LogP contribution is -2.21. The van der Waals surface area contributed by atoms with Crippen LogP contribution in [-0.4, -0.2) is 24.3 Å². The molecule has 0 saturated carbocycles. The maximum absolute atomic E-state index is 6.18. The number of hydrogen-bond acceptors (Lipinski definition) is 2. The highest BCUT2D eigenvalue weighted by molar-refractivity contribution is 14.1. The van der Waals surface area contributed by atoms with Crippen LogP contribution >= 0.6 is 34.2 Å². The second-order valence-electron chi connectivity index (χ2n) is 5.96. The zero-order chi connectivity index (χ0) is 18.4. The number of benzene rings is 2. The van der Waals surface area contributed by atoms with Crippen LogP contribution in [0.15, 0.2) is 35.3 Å². The molecule has 0 radical (unpaired) electrons. The fourth-order valence-corrected chi connectivity index (χ4v) is 2.93. The van der Waals surface area contributed by atoms with Crippen LogP contribution in [0.25, 0.3) is 0 Å². The van der Waals surface area contributed by atoms with Gasteiger partial charge in [0.1, 0.15) is 11.5 Å². The molecule has 2 aromatic carbocycles. The summed E-state index contributed by atoms with van der Waals surface area (Å²) in [6.07, 6.45) is 3.05. The molecule has 0 spiro atoms. The van der Waals surface area contributed by atoms with Crippen LogP contribution in [-0.2, 0) is 0 Å². The van der Waals surface area contributed by atoms with E-state index in [4.69, 9.17) is 16.3 Å². The van der Waals surface area contributed by atoms with E-state index in [1.807, 2.05) is 37.5 Å². The topological polar surface area (TPSA) is 24.8 Å². The maximum atomic E-state index is 6.18. The van der Waals surface area contributed by atoms with Crippen molar-refractivity contribution in [2.45, 2.75) is 34.1 Å². The van der Waals surface area contributed by atoms with Gasteiger partial charge in [-0.1, -0.05) is 18.5 Å². The minimum atomic E-state index is 0.698. The largest absolute Gasteiger partial charge is 0.457 e. The summed E-state index contributed by atoms with van der Waals surface area (Å²) in [5.74, 6) is 1.57. The third-order valence-corrected chi connectivity index (χ3v) is 5.46. The van der Waals surface area contributed by atoms with Gasteiger partial charge in [0.05, 0.1) is 17.0 Å². The Labute approximate surface area is 169 Å². The highest BCUT2D eigenvalue weighted by atomic mass is 127. The van der Waals surface area contributed by atoms with Crippen molar-refractivity contribution in [3.8, 4) is 11.5 Å². The minimum Gasteiger partial charge on any atom is -0.457 e. The molecular weight excluding hydrogens is 447 g/mol. The fraction of sp³-hybridized carbons (Fsp3) is 0.350. The van der Waals surface area contributed by atoms with E-state index in [1.54, 1.807) is 0 Å². The number of aryl methyl sites for hydroxylation is 2. The van der Waals surface area contributed by atoms with E-state index in [1.165, 1.54) is 0 Å². The van der Waals surface area contributed by atoms with Crippen LogP contribution in [0.3, 0.4) is 0 Å². The van der Waals surface area contributed by atoms with Crippen LogP contribution < -0.4 is 4.74 Å². The summed E-state index contributed by atoms with van der Waals surface area (Å²) in [7, 11) is 0. The Bertz CT molecular complexity index is 762. The minimum absolute atomic E-state index is 0.698. The van der Waals surface area contributed by atoms with Crippen LogP contribution in [0.1, 0.15) is 31.4 Å². The van der Waals surface area contributed by atoms with E-state index in [2.05, 4.69) is 59.3 Å². The fourth-order valence-electron chi connectivity index (χ4n) is 2.42. The Morgan fingerprint density at radius 1 is 1.16 bits per heavy atom. The maximum Gasteiger partial charge on any atom is 0.130 e. The Balaban J connectivity index is 2.21. The van der Waals surface area contributed by atoms with Crippen LogP contribution in [0.5, 0.6) is 11.5 Å². The predicted octanol–water partition coefficient (Wildman–Crippen LogP) is 6.75. The zero-order valence-corrected chi connectivity index (χ0v) is 18.1. The van der Waals surface area contributed by atoms with Crippen molar-refractivity contribution in [1.82, 2.24) is 4.90 Å². The van der Waals surface area contributed by atoms with Gasteiger partial charge in [-0.25, -0.2) is 4.99 Å². The summed E-state index contributed by atoms with van der Waals surface area (Å²) in [5, 5.41) is 0.698. The molecule has 0 aliphatic rings. The summed E-state index contributed by atoms with van der Waals surface area (Å²) in [6.45, 7) is 10.4. The van der Waals surface area contributed by atoms with Crippen molar-refractivity contribution in [2.24, 2.45) is 4.99 Å². The second-order valence-corrected chi connectivity index (χ2v) is 7.52. The Morgan fingerprint density at radius 2 is 1.92 bits per heavy atom. The molecule has 0 N–H and O–H groups in total. The molecule has 0 aliphatic heterocycles. The number of rotatable bonds is 7. The van der Waals surface area contributed by atoms with Gasteiger partial charge in [-0.3, -0.25) is 0 Å². The van der Waals surface area contributed by atoms with Crippen molar-refractivity contribution in [3.63, 3.8) is 0 Å². The molecule has 0 fully saturated rings. The molecule has 0 atom stereocenters. The van der Waals surface area contributed by atoms with E-state index in [0.29, 0.717) is 5.02 Å². The van der Waals surface area contributed by atoms with Crippen LogP contribution in [0.2, 0.25) is 5.02 Å². The number of halogens is 2. The standard InChI is InChI=1S/C20H24ClIN2O/c1-5-9-24(6-2)13-23-19-10-15(4)20(11-14(19)3)25-16-7-8-18(22)17(21)12-16/h7-8,10-13H,5-6,9H2,1-4H3. The van der Waals surface area contributed by atoms with Gasteiger partial charge in [0.2, 0.25) is 0 Å². The lowest BCUT2D eigenvalue weighted by Gasteiger charge is -2.16. The molecule has 0 bridgehead atoms. The van der Waals surface area contributed by atoms with Gasteiger partial charge in [-0.05, 0) is 85.2 Å². The number of aliphatic imine (C=N–C) groups is 1. The summed E-state index contributed by atoms with van der Waals surface area (Å²) in [6, 6.07) is 9.82. The van der Waals surface area contributed by atoms with Gasteiger partial charge in [-0.15, -0.1) is 0 Å². The summed E-state index contributed by atoms with van der Waals surface area (Å²) >= 11 is 8.38. The van der Waals surface area contributed by atoms with Gasteiger partial charge in [-0.2, -0.15) is 0 Å². The molecule has 0 amide bonds. The van der Waals surface area contributed by atoms with Crippen molar-refractivity contribution >= 4 is 46.2 Å². The van der Waals surface area contributed by atoms with E-state index in [0.717, 1.165) is 51.4 Å². The lowest BCUT2D eigenvalue weighted by atomic mass is 10.1. The number of ether oxygens (including phenoxy) is 1. The first-order valence-corrected chi connectivity index (χ1v) is 9.92. The third kappa shape index (κ3) is 5.61. The molecule has 0 aromatic heterocycles. The smallest absolute Gasteiger partial charge is 0.130 e. The number of hydrogen-bond donors (Lipinski definition) is 0. The van der Waals surface area contributed by atoms with Crippen molar-refractivity contribution < 1.29 is 4.74 Å².